The largest absolute Gasteiger partial charge is 0.423 e. The molecule has 0 bridgehead atoms. The van der Waals surface area contributed by atoms with Crippen LogP contribution in [0.5, 0.6) is 0 Å². The molecule has 0 radical (unpaired) electrons. The van der Waals surface area contributed by atoms with Gasteiger partial charge in [0.25, 0.3) is 0 Å². The number of fused-ring (bicyclic) bond motifs is 2. The molecule has 5 heteroatoms. The Labute approximate surface area is 151 Å². The van der Waals surface area contributed by atoms with Crippen LogP contribution in [-0.2, 0) is 6.42 Å². The van der Waals surface area contributed by atoms with E-state index in [9.17, 15) is 4.79 Å². The summed E-state index contributed by atoms with van der Waals surface area (Å²) < 4.78 is 5.32. The molecule has 0 spiro atoms. The number of aryl methyl sites for hydroxylation is 1. The van der Waals surface area contributed by atoms with Gasteiger partial charge in [0, 0.05) is 34.9 Å². The van der Waals surface area contributed by atoms with Gasteiger partial charge in [0.15, 0.2) is 5.11 Å². The fourth-order valence-electron chi connectivity index (χ4n) is 3.46. The van der Waals surface area contributed by atoms with Crippen LogP contribution in [0.4, 0.5) is 11.4 Å². The minimum absolute atomic E-state index is 0.304. The molecule has 1 aliphatic rings. The van der Waals surface area contributed by atoms with Crippen molar-refractivity contribution in [2.75, 3.05) is 10.2 Å². The Morgan fingerprint density at radius 1 is 1.24 bits per heavy atom. The molecule has 0 unspecified atom stereocenters. The molecule has 0 aliphatic carbocycles. The second-order valence-corrected chi connectivity index (χ2v) is 6.83. The van der Waals surface area contributed by atoms with Gasteiger partial charge in [-0.2, -0.15) is 0 Å². The zero-order valence-corrected chi connectivity index (χ0v) is 14.9. The standard InChI is InChI=1S/C20H18N2O2S/c1-12-9-19(23)24-18-11-15(7-8-16(12)18)21-20(25)22-13(2)10-14-5-3-4-6-17(14)22/h3-9,11,13H,10H2,1-2H3,(H,21,25)/t13-/m1/s1. The zero-order chi connectivity index (χ0) is 17.6. The molecule has 1 N–H and O–H groups in total. The van der Waals surface area contributed by atoms with Crippen molar-refractivity contribution in [2.45, 2.75) is 26.3 Å². The summed E-state index contributed by atoms with van der Waals surface area (Å²) >= 11 is 5.65. The molecule has 3 aromatic rings. The number of thiocarbonyl (C=S) groups is 1. The fraction of sp³-hybridized carbons (Fsp3) is 0.200. The zero-order valence-electron chi connectivity index (χ0n) is 14.1. The first-order chi connectivity index (χ1) is 12.0. The third kappa shape index (κ3) is 2.81. The lowest BCUT2D eigenvalue weighted by molar-refractivity contribution is 0.560. The Balaban J connectivity index is 1.65. The van der Waals surface area contributed by atoms with Crippen molar-refractivity contribution in [3.8, 4) is 0 Å². The number of para-hydroxylation sites is 1. The second kappa shape index (κ2) is 6.01. The van der Waals surface area contributed by atoms with Gasteiger partial charge in [0.05, 0.1) is 0 Å². The molecular weight excluding hydrogens is 332 g/mol. The van der Waals surface area contributed by atoms with E-state index in [1.807, 2.05) is 31.2 Å². The summed E-state index contributed by atoms with van der Waals surface area (Å²) in [5, 5.41) is 4.85. The van der Waals surface area contributed by atoms with Crippen LogP contribution in [0.15, 0.2) is 57.7 Å². The maximum atomic E-state index is 11.6. The van der Waals surface area contributed by atoms with E-state index in [0.717, 1.165) is 28.7 Å². The maximum absolute atomic E-state index is 11.6. The van der Waals surface area contributed by atoms with Gasteiger partial charge in [-0.1, -0.05) is 18.2 Å². The Kier molecular flexibility index (Phi) is 3.81. The number of rotatable bonds is 1. The number of hydrogen-bond donors (Lipinski definition) is 1. The average Bonchev–Trinajstić information content (AvgIpc) is 2.90. The van der Waals surface area contributed by atoms with E-state index in [0.29, 0.717) is 16.7 Å². The van der Waals surface area contributed by atoms with Crippen LogP contribution in [0.1, 0.15) is 18.1 Å². The fourth-order valence-corrected chi connectivity index (χ4v) is 3.86. The Morgan fingerprint density at radius 2 is 2.04 bits per heavy atom. The van der Waals surface area contributed by atoms with E-state index in [-0.39, 0.29) is 5.63 Å². The minimum atomic E-state index is -0.341. The molecule has 0 fully saturated rings. The van der Waals surface area contributed by atoms with Gasteiger partial charge in [0.2, 0.25) is 0 Å². The Morgan fingerprint density at radius 3 is 2.88 bits per heavy atom. The van der Waals surface area contributed by atoms with Crippen LogP contribution >= 0.6 is 12.2 Å². The van der Waals surface area contributed by atoms with Crippen LogP contribution in [0.25, 0.3) is 11.0 Å². The lowest BCUT2D eigenvalue weighted by Crippen LogP contribution is -2.38. The number of nitrogens with zero attached hydrogens (tertiary/aromatic N) is 1. The molecule has 4 rings (SSSR count). The minimum Gasteiger partial charge on any atom is -0.423 e. The van der Waals surface area contributed by atoms with E-state index in [4.69, 9.17) is 16.6 Å². The van der Waals surface area contributed by atoms with E-state index < -0.39 is 0 Å². The molecule has 1 aromatic heterocycles. The van der Waals surface area contributed by atoms with Crippen molar-refractivity contribution < 1.29 is 4.42 Å². The molecule has 1 atom stereocenters. The number of nitrogens with one attached hydrogen (secondary N) is 1. The summed E-state index contributed by atoms with van der Waals surface area (Å²) in [7, 11) is 0. The lowest BCUT2D eigenvalue weighted by atomic mass is 10.1. The van der Waals surface area contributed by atoms with Gasteiger partial charge in [-0.15, -0.1) is 0 Å². The second-order valence-electron chi connectivity index (χ2n) is 6.44. The monoisotopic (exact) mass is 350 g/mol. The van der Waals surface area contributed by atoms with Crippen molar-refractivity contribution in [2.24, 2.45) is 0 Å². The first-order valence-electron chi connectivity index (χ1n) is 8.25. The SMILES string of the molecule is Cc1cc(=O)oc2cc(NC(=S)N3c4ccccc4C[C@H]3C)ccc12. The van der Waals surface area contributed by atoms with Crippen LogP contribution in [0, 0.1) is 6.92 Å². The molecule has 0 saturated carbocycles. The molecule has 2 aromatic carbocycles. The topological polar surface area (TPSA) is 45.5 Å². The van der Waals surface area contributed by atoms with Crippen LogP contribution in [-0.4, -0.2) is 11.2 Å². The quantitative estimate of drug-likeness (QED) is 0.525. The van der Waals surface area contributed by atoms with Crippen molar-refractivity contribution in [1.82, 2.24) is 0 Å². The Hall–Kier alpha value is -2.66. The summed E-state index contributed by atoms with van der Waals surface area (Å²) in [6, 6.07) is 15.8. The Bertz CT molecular complexity index is 1040. The van der Waals surface area contributed by atoms with Crippen molar-refractivity contribution in [3.63, 3.8) is 0 Å². The smallest absolute Gasteiger partial charge is 0.336 e. The van der Waals surface area contributed by atoms with Crippen LogP contribution < -0.4 is 15.8 Å². The van der Waals surface area contributed by atoms with Gasteiger partial charge in [0.1, 0.15) is 5.58 Å². The molecule has 0 saturated heterocycles. The normalized spacial score (nSPS) is 16.1. The summed E-state index contributed by atoms with van der Waals surface area (Å²) in [6.45, 7) is 4.07. The van der Waals surface area contributed by atoms with Crippen LogP contribution in [0.2, 0.25) is 0 Å². The molecule has 25 heavy (non-hydrogen) atoms. The maximum Gasteiger partial charge on any atom is 0.336 e. The first kappa shape index (κ1) is 15.8. The van der Waals surface area contributed by atoms with Gasteiger partial charge in [-0.25, -0.2) is 4.79 Å². The molecule has 126 valence electrons. The van der Waals surface area contributed by atoms with Crippen molar-refractivity contribution in [3.05, 3.63) is 70.1 Å². The number of anilines is 2. The molecule has 2 heterocycles. The summed E-state index contributed by atoms with van der Waals surface area (Å²) in [5.74, 6) is 0. The van der Waals surface area contributed by atoms with E-state index in [2.05, 4.69) is 35.3 Å². The van der Waals surface area contributed by atoms with E-state index in [1.54, 1.807) is 0 Å². The molecule has 1 aliphatic heterocycles. The lowest BCUT2D eigenvalue weighted by Gasteiger charge is -2.26. The highest BCUT2D eigenvalue weighted by atomic mass is 32.1. The van der Waals surface area contributed by atoms with Gasteiger partial charge in [-0.05, 0) is 61.8 Å². The number of benzene rings is 2. The third-order valence-corrected chi connectivity index (χ3v) is 4.93. The highest BCUT2D eigenvalue weighted by Crippen LogP contribution is 2.32. The summed E-state index contributed by atoms with van der Waals surface area (Å²) in [4.78, 5) is 13.7. The van der Waals surface area contributed by atoms with Crippen molar-refractivity contribution >= 4 is 39.7 Å². The van der Waals surface area contributed by atoms with Crippen LogP contribution in [0.3, 0.4) is 0 Å². The first-order valence-corrected chi connectivity index (χ1v) is 8.66. The highest BCUT2D eigenvalue weighted by Gasteiger charge is 2.28. The van der Waals surface area contributed by atoms with Crippen molar-refractivity contribution in [1.29, 1.82) is 0 Å². The van der Waals surface area contributed by atoms with Gasteiger partial charge >= 0.3 is 5.63 Å². The predicted octanol–water partition coefficient (Wildman–Crippen LogP) is 4.25. The number of hydrogen-bond acceptors (Lipinski definition) is 3. The predicted molar refractivity (Wildman–Crippen MR) is 106 cm³/mol. The van der Waals surface area contributed by atoms with E-state index >= 15 is 0 Å². The third-order valence-electron chi connectivity index (χ3n) is 4.63. The van der Waals surface area contributed by atoms with Gasteiger partial charge in [-0.3, -0.25) is 0 Å². The highest BCUT2D eigenvalue weighted by molar-refractivity contribution is 7.80. The average molecular weight is 350 g/mol. The summed E-state index contributed by atoms with van der Waals surface area (Å²) in [6.07, 6.45) is 0.976. The molecule has 4 nitrogen and oxygen atoms in total. The van der Waals surface area contributed by atoms with Gasteiger partial charge < -0.3 is 14.6 Å². The molecule has 0 amide bonds. The molecular formula is C20H18N2O2S. The summed E-state index contributed by atoms with van der Waals surface area (Å²) in [5.41, 5.74) is 4.39. The van der Waals surface area contributed by atoms with E-state index in [1.165, 1.54) is 11.6 Å².